The second-order valence-corrected chi connectivity index (χ2v) is 5.03. The first-order valence-electron chi connectivity index (χ1n) is 5.98. The van der Waals surface area contributed by atoms with E-state index in [2.05, 4.69) is 11.4 Å². The van der Waals surface area contributed by atoms with E-state index in [0.717, 1.165) is 5.56 Å². The molecule has 0 aliphatic carbocycles. The Bertz CT molecular complexity index is 504. The van der Waals surface area contributed by atoms with Gasteiger partial charge in [0.15, 0.2) is 0 Å². The van der Waals surface area contributed by atoms with Crippen molar-refractivity contribution in [3.63, 3.8) is 0 Å². The smallest absolute Gasteiger partial charge is 0.219 e. The van der Waals surface area contributed by atoms with E-state index in [-0.39, 0.29) is 17.9 Å². The number of carbonyl (C=O) groups excluding carboxylic acids is 1. The van der Waals surface area contributed by atoms with Gasteiger partial charge in [0, 0.05) is 18.5 Å². The van der Waals surface area contributed by atoms with Crippen molar-refractivity contribution in [2.75, 3.05) is 7.11 Å². The fraction of sp³-hybridized carbons (Fsp3) is 0.429. The van der Waals surface area contributed by atoms with Crippen LogP contribution in [0.2, 0.25) is 0 Å². The van der Waals surface area contributed by atoms with E-state index in [0.29, 0.717) is 17.9 Å². The molecule has 0 saturated heterocycles. The highest BCUT2D eigenvalue weighted by atomic mass is 16.5. The molecule has 0 unspecified atom stereocenters. The van der Waals surface area contributed by atoms with Gasteiger partial charge >= 0.3 is 0 Å². The summed E-state index contributed by atoms with van der Waals surface area (Å²) >= 11 is 0. The molecule has 5 nitrogen and oxygen atoms in total. The Morgan fingerprint density at radius 1 is 1.53 bits per heavy atom. The zero-order chi connectivity index (χ0) is 14.5. The Hall–Kier alpha value is -2.06. The highest BCUT2D eigenvalue weighted by Gasteiger charge is 2.19. The summed E-state index contributed by atoms with van der Waals surface area (Å²) in [5, 5.41) is 12.3. The van der Waals surface area contributed by atoms with E-state index in [1.54, 1.807) is 12.1 Å². The molecular weight excluding hydrogens is 242 g/mol. The SMILES string of the molecule is COc1ccc(CNC(C)(C)CC(N)=O)cc1C#N. The molecule has 1 amide bonds. The largest absolute Gasteiger partial charge is 0.495 e. The topological polar surface area (TPSA) is 88.1 Å². The summed E-state index contributed by atoms with van der Waals surface area (Å²) in [7, 11) is 1.53. The molecule has 0 aliphatic heterocycles. The van der Waals surface area contributed by atoms with Gasteiger partial charge in [0.1, 0.15) is 11.8 Å². The van der Waals surface area contributed by atoms with Crippen LogP contribution in [0.25, 0.3) is 0 Å². The van der Waals surface area contributed by atoms with Crippen LogP contribution in [0.1, 0.15) is 31.4 Å². The first-order chi connectivity index (χ1) is 8.88. The Kier molecular flexibility index (Phi) is 4.90. The van der Waals surface area contributed by atoms with Gasteiger partial charge < -0.3 is 15.8 Å². The Morgan fingerprint density at radius 3 is 2.74 bits per heavy atom. The molecule has 102 valence electrons. The van der Waals surface area contributed by atoms with E-state index in [4.69, 9.17) is 15.7 Å². The second kappa shape index (κ2) is 6.21. The van der Waals surface area contributed by atoms with Gasteiger partial charge in [-0.05, 0) is 31.5 Å². The minimum Gasteiger partial charge on any atom is -0.495 e. The fourth-order valence-corrected chi connectivity index (χ4v) is 1.79. The number of nitrogens with zero attached hydrogens (tertiary/aromatic N) is 1. The van der Waals surface area contributed by atoms with E-state index >= 15 is 0 Å². The minimum absolute atomic E-state index is 0.258. The molecule has 0 fully saturated rings. The van der Waals surface area contributed by atoms with Gasteiger partial charge in [0.25, 0.3) is 0 Å². The Labute approximate surface area is 113 Å². The number of hydrogen-bond acceptors (Lipinski definition) is 4. The molecule has 0 bridgehead atoms. The Morgan fingerprint density at radius 2 is 2.21 bits per heavy atom. The molecule has 0 spiro atoms. The van der Waals surface area contributed by atoms with Gasteiger partial charge in [-0.2, -0.15) is 5.26 Å². The lowest BCUT2D eigenvalue weighted by atomic mass is 9.99. The molecule has 5 heteroatoms. The minimum atomic E-state index is -0.376. The summed E-state index contributed by atoms with van der Waals surface area (Å²) in [5.41, 5.74) is 6.26. The number of rotatable bonds is 6. The second-order valence-electron chi connectivity index (χ2n) is 5.03. The van der Waals surface area contributed by atoms with Crippen LogP contribution in [0.4, 0.5) is 0 Å². The number of primary amides is 1. The van der Waals surface area contributed by atoms with Crippen molar-refractivity contribution >= 4 is 5.91 Å². The zero-order valence-corrected chi connectivity index (χ0v) is 11.5. The molecule has 0 aliphatic rings. The van der Waals surface area contributed by atoms with Crippen LogP contribution in [-0.2, 0) is 11.3 Å². The van der Waals surface area contributed by atoms with Crippen LogP contribution in [-0.4, -0.2) is 18.6 Å². The lowest BCUT2D eigenvalue weighted by molar-refractivity contribution is -0.119. The lowest BCUT2D eigenvalue weighted by Gasteiger charge is -2.25. The van der Waals surface area contributed by atoms with Gasteiger partial charge in [-0.25, -0.2) is 0 Å². The number of carbonyl (C=O) groups is 1. The first-order valence-corrected chi connectivity index (χ1v) is 5.98. The number of methoxy groups -OCH3 is 1. The van der Waals surface area contributed by atoms with Crippen molar-refractivity contribution in [1.82, 2.24) is 5.32 Å². The number of hydrogen-bond donors (Lipinski definition) is 2. The predicted octanol–water partition coefficient (Wildman–Crippen LogP) is 1.31. The van der Waals surface area contributed by atoms with Crippen LogP contribution in [0.5, 0.6) is 5.75 Å². The highest BCUT2D eigenvalue weighted by Crippen LogP contribution is 2.19. The number of nitrogens with one attached hydrogen (secondary N) is 1. The van der Waals surface area contributed by atoms with Gasteiger partial charge in [0.05, 0.1) is 12.7 Å². The molecule has 3 N–H and O–H groups in total. The van der Waals surface area contributed by atoms with Crippen LogP contribution >= 0.6 is 0 Å². The van der Waals surface area contributed by atoms with Crippen molar-refractivity contribution in [3.05, 3.63) is 29.3 Å². The molecule has 0 heterocycles. The van der Waals surface area contributed by atoms with Crippen molar-refractivity contribution in [2.45, 2.75) is 32.4 Å². The quantitative estimate of drug-likeness (QED) is 0.808. The molecule has 0 radical (unpaired) electrons. The highest BCUT2D eigenvalue weighted by molar-refractivity contribution is 5.75. The van der Waals surface area contributed by atoms with Gasteiger partial charge in [-0.1, -0.05) is 6.07 Å². The summed E-state index contributed by atoms with van der Waals surface area (Å²) in [6.07, 6.45) is 0.258. The standard InChI is InChI=1S/C14H19N3O2/c1-14(2,7-13(16)18)17-9-10-4-5-12(19-3)11(6-10)8-15/h4-6,17H,7,9H2,1-3H3,(H2,16,18). The molecule has 19 heavy (non-hydrogen) atoms. The van der Waals surface area contributed by atoms with E-state index < -0.39 is 0 Å². The summed E-state index contributed by atoms with van der Waals surface area (Å²) in [6.45, 7) is 4.37. The maximum atomic E-state index is 10.9. The van der Waals surface area contributed by atoms with E-state index in [1.165, 1.54) is 7.11 Å². The average Bonchev–Trinajstić information content (AvgIpc) is 2.34. The maximum Gasteiger partial charge on any atom is 0.219 e. The molecule has 0 saturated carbocycles. The van der Waals surface area contributed by atoms with Crippen molar-refractivity contribution in [3.8, 4) is 11.8 Å². The van der Waals surface area contributed by atoms with E-state index in [9.17, 15) is 4.79 Å². The zero-order valence-electron chi connectivity index (χ0n) is 11.5. The monoisotopic (exact) mass is 261 g/mol. The molecule has 1 aromatic carbocycles. The van der Waals surface area contributed by atoms with Crippen LogP contribution in [0, 0.1) is 11.3 Å². The van der Waals surface area contributed by atoms with Gasteiger partial charge in [-0.3, -0.25) is 4.79 Å². The number of benzene rings is 1. The average molecular weight is 261 g/mol. The van der Waals surface area contributed by atoms with Crippen molar-refractivity contribution in [2.24, 2.45) is 5.73 Å². The van der Waals surface area contributed by atoms with Crippen LogP contribution in [0.15, 0.2) is 18.2 Å². The third-order valence-corrected chi connectivity index (χ3v) is 2.77. The van der Waals surface area contributed by atoms with Crippen molar-refractivity contribution in [1.29, 1.82) is 5.26 Å². The molecular formula is C14H19N3O2. The van der Waals surface area contributed by atoms with Crippen LogP contribution in [0.3, 0.4) is 0 Å². The molecule has 1 rings (SSSR count). The van der Waals surface area contributed by atoms with Crippen LogP contribution < -0.4 is 15.8 Å². The fourth-order valence-electron chi connectivity index (χ4n) is 1.79. The number of nitrogens with two attached hydrogens (primary N) is 1. The summed E-state index contributed by atoms with van der Waals surface area (Å²) in [5.74, 6) is 0.215. The predicted molar refractivity (Wildman–Crippen MR) is 72.4 cm³/mol. The third-order valence-electron chi connectivity index (χ3n) is 2.77. The number of nitriles is 1. The summed E-state index contributed by atoms with van der Waals surface area (Å²) in [4.78, 5) is 10.9. The Balaban J connectivity index is 2.74. The number of amides is 1. The third kappa shape index (κ3) is 4.60. The van der Waals surface area contributed by atoms with Gasteiger partial charge in [-0.15, -0.1) is 0 Å². The first kappa shape index (κ1) is 15.0. The lowest BCUT2D eigenvalue weighted by Crippen LogP contribution is -2.42. The maximum absolute atomic E-state index is 10.9. The normalized spacial score (nSPS) is 10.8. The molecule has 0 atom stereocenters. The summed E-state index contributed by atoms with van der Waals surface area (Å²) in [6, 6.07) is 7.50. The van der Waals surface area contributed by atoms with Crippen molar-refractivity contribution < 1.29 is 9.53 Å². The molecule has 1 aromatic rings. The molecule has 0 aromatic heterocycles. The van der Waals surface area contributed by atoms with Gasteiger partial charge in [0.2, 0.25) is 5.91 Å². The van der Waals surface area contributed by atoms with E-state index in [1.807, 2.05) is 19.9 Å². The number of ether oxygens (including phenoxy) is 1. The summed E-state index contributed by atoms with van der Waals surface area (Å²) < 4.78 is 5.09.